The summed E-state index contributed by atoms with van der Waals surface area (Å²) in [7, 11) is 0. The van der Waals surface area contributed by atoms with E-state index in [0.29, 0.717) is 10.9 Å². The number of nitrogens with zero attached hydrogens (tertiary/aromatic N) is 4. The summed E-state index contributed by atoms with van der Waals surface area (Å²) in [5.41, 5.74) is 5.66. The van der Waals surface area contributed by atoms with Gasteiger partial charge in [-0.3, -0.25) is 4.79 Å². The van der Waals surface area contributed by atoms with Gasteiger partial charge in [0.2, 0.25) is 11.1 Å². The number of benzene rings is 2. The van der Waals surface area contributed by atoms with Crippen LogP contribution in [-0.2, 0) is 4.79 Å². The van der Waals surface area contributed by atoms with E-state index in [1.165, 1.54) is 11.8 Å². The number of thioether (sulfide) groups is 1. The second-order valence-electron chi connectivity index (χ2n) is 7.36. The van der Waals surface area contributed by atoms with E-state index < -0.39 is 5.25 Å². The van der Waals surface area contributed by atoms with Crippen molar-refractivity contribution in [1.82, 2.24) is 19.6 Å². The summed E-state index contributed by atoms with van der Waals surface area (Å²) in [5.74, 6) is 0.427. The molecule has 152 valence electrons. The Morgan fingerprint density at radius 1 is 1.00 bits per heavy atom. The lowest BCUT2D eigenvalue weighted by Crippen LogP contribution is -2.19. The molecule has 1 N–H and O–H groups in total. The van der Waals surface area contributed by atoms with Gasteiger partial charge < -0.3 is 5.32 Å². The van der Waals surface area contributed by atoms with Crippen LogP contribution in [0.15, 0.2) is 59.8 Å². The summed E-state index contributed by atoms with van der Waals surface area (Å²) >= 11 is 1.32. The van der Waals surface area contributed by atoms with Crippen LogP contribution in [0.2, 0.25) is 0 Å². The van der Waals surface area contributed by atoms with Crippen molar-refractivity contribution in [1.29, 1.82) is 0 Å². The van der Waals surface area contributed by atoms with Crippen molar-refractivity contribution in [2.24, 2.45) is 0 Å². The number of aromatic nitrogens is 4. The van der Waals surface area contributed by atoms with E-state index in [1.807, 2.05) is 82.3 Å². The predicted octanol–water partition coefficient (Wildman–Crippen LogP) is 4.83. The van der Waals surface area contributed by atoms with Gasteiger partial charge in [-0.2, -0.15) is 4.98 Å². The molecule has 2 aromatic carbocycles. The summed E-state index contributed by atoms with van der Waals surface area (Å²) in [5, 5.41) is 7.67. The zero-order chi connectivity index (χ0) is 21.3. The van der Waals surface area contributed by atoms with Gasteiger partial charge in [0.05, 0.1) is 0 Å². The Morgan fingerprint density at radius 2 is 1.77 bits per heavy atom. The van der Waals surface area contributed by atoms with Crippen LogP contribution in [0.1, 0.15) is 33.3 Å². The van der Waals surface area contributed by atoms with Gasteiger partial charge in [0.15, 0.2) is 0 Å². The Balaban J connectivity index is 1.68. The molecule has 2 aromatic heterocycles. The monoisotopic (exact) mass is 417 g/mol. The first-order chi connectivity index (χ1) is 14.4. The Labute approximate surface area is 179 Å². The molecule has 0 spiro atoms. The van der Waals surface area contributed by atoms with Gasteiger partial charge in [-0.15, -0.1) is 5.10 Å². The van der Waals surface area contributed by atoms with Crippen molar-refractivity contribution in [3.05, 3.63) is 82.7 Å². The average molecular weight is 418 g/mol. The third-order valence-corrected chi connectivity index (χ3v) is 5.92. The van der Waals surface area contributed by atoms with Crippen LogP contribution >= 0.6 is 11.8 Å². The second kappa shape index (κ2) is 8.28. The Morgan fingerprint density at radius 3 is 2.53 bits per heavy atom. The maximum atomic E-state index is 13.3. The molecular formula is C23H23N5OS. The van der Waals surface area contributed by atoms with E-state index in [-0.39, 0.29) is 5.91 Å². The van der Waals surface area contributed by atoms with E-state index in [1.54, 1.807) is 4.52 Å². The average Bonchev–Trinajstić information content (AvgIpc) is 3.12. The van der Waals surface area contributed by atoms with Crippen LogP contribution in [0.25, 0.3) is 5.78 Å². The molecule has 0 aliphatic heterocycles. The molecule has 6 nitrogen and oxygen atoms in total. The quantitative estimate of drug-likeness (QED) is 0.471. The van der Waals surface area contributed by atoms with Gasteiger partial charge in [-0.05, 0) is 56.5 Å². The van der Waals surface area contributed by atoms with Gasteiger partial charge in [-0.25, -0.2) is 9.50 Å². The van der Waals surface area contributed by atoms with Gasteiger partial charge in [-0.1, -0.05) is 54.2 Å². The second-order valence-corrected chi connectivity index (χ2v) is 8.43. The SMILES string of the molecule is Cc1ccc(C)c(NC(=O)[C@H](Sc2nc3nc(C)cc(C)n3n2)c2ccccc2)c1. The molecule has 0 radical (unpaired) electrons. The molecule has 0 saturated heterocycles. The molecule has 7 heteroatoms. The summed E-state index contributed by atoms with van der Waals surface area (Å²) in [6.45, 7) is 7.89. The van der Waals surface area contributed by atoms with Crippen molar-refractivity contribution in [3.63, 3.8) is 0 Å². The highest BCUT2D eigenvalue weighted by Crippen LogP contribution is 2.35. The first-order valence-electron chi connectivity index (χ1n) is 9.71. The lowest BCUT2D eigenvalue weighted by molar-refractivity contribution is -0.115. The first kappa shape index (κ1) is 20.1. The third kappa shape index (κ3) is 4.21. The van der Waals surface area contributed by atoms with Crippen molar-refractivity contribution >= 4 is 29.1 Å². The topological polar surface area (TPSA) is 72.2 Å². The fourth-order valence-electron chi connectivity index (χ4n) is 3.27. The number of carbonyl (C=O) groups excluding carboxylic acids is 1. The van der Waals surface area contributed by atoms with E-state index in [4.69, 9.17) is 0 Å². The van der Waals surface area contributed by atoms with E-state index >= 15 is 0 Å². The van der Waals surface area contributed by atoms with Gasteiger partial charge in [0, 0.05) is 17.1 Å². The maximum Gasteiger partial charge on any atom is 0.253 e. The van der Waals surface area contributed by atoms with Crippen LogP contribution < -0.4 is 5.32 Å². The standard InChI is InChI=1S/C23H23N5OS/c1-14-10-11-15(2)19(12-14)25-21(29)20(18-8-6-5-7-9-18)30-23-26-22-24-16(3)13-17(4)28(22)27-23/h5-13,20H,1-4H3,(H,25,29)/t20-/m1/s1. The molecule has 0 aliphatic carbocycles. The number of hydrogen-bond donors (Lipinski definition) is 1. The molecule has 30 heavy (non-hydrogen) atoms. The number of hydrogen-bond acceptors (Lipinski definition) is 5. The van der Waals surface area contributed by atoms with Crippen LogP contribution in [-0.4, -0.2) is 25.5 Å². The predicted molar refractivity (Wildman–Crippen MR) is 120 cm³/mol. The molecule has 0 fully saturated rings. The largest absolute Gasteiger partial charge is 0.325 e. The smallest absolute Gasteiger partial charge is 0.253 e. The summed E-state index contributed by atoms with van der Waals surface area (Å²) in [4.78, 5) is 22.3. The highest BCUT2D eigenvalue weighted by molar-refractivity contribution is 8.00. The number of carbonyl (C=O) groups is 1. The molecule has 1 amide bonds. The normalized spacial score (nSPS) is 12.1. The zero-order valence-electron chi connectivity index (χ0n) is 17.4. The van der Waals surface area contributed by atoms with E-state index in [2.05, 4.69) is 20.4 Å². The fourth-order valence-corrected chi connectivity index (χ4v) is 4.21. The number of rotatable bonds is 5. The first-order valence-corrected chi connectivity index (χ1v) is 10.6. The van der Waals surface area contributed by atoms with Gasteiger partial charge >= 0.3 is 0 Å². The lowest BCUT2D eigenvalue weighted by Gasteiger charge is -2.17. The molecule has 4 rings (SSSR count). The molecule has 0 bridgehead atoms. The minimum Gasteiger partial charge on any atom is -0.325 e. The Kier molecular flexibility index (Phi) is 5.55. The van der Waals surface area contributed by atoms with Crippen molar-refractivity contribution in [3.8, 4) is 0 Å². The molecule has 2 heterocycles. The Hall–Kier alpha value is -3.19. The molecule has 1 atom stereocenters. The zero-order valence-corrected chi connectivity index (χ0v) is 18.2. The van der Waals surface area contributed by atoms with Crippen molar-refractivity contribution in [2.75, 3.05) is 5.32 Å². The minimum atomic E-state index is -0.495. The molecule has 0 saturated carbocycles. The Bertz CT molecular complexity index is 1220. The van der Waals surface area contributed by atoms with Crippen molar-refractivity contribution in [2.45, 2.75) is 38.1 Å². The molecular weight excluding hydrogens is 394 g/mol. The minimum absolute atomic E-state index is 0.111. The highest BCUT2D eigenvalue weighted by Gasteiger charge is 2.25. The van der Waals surface area contributed by atoms with Crippen LogP contribution in [0, 0.1) is 27.7 Å². The maximum absolute atomic E-state index is 13.3. The van der Waals surface area contributed by atoms with Crippen LogP contribution in [0.5, 0.6) is 0 Å². The fraction of sp³-hybridized carbons (Fsp3) is 0.217. The van der Waals surface area contributed by atoms with E-state index in [9.17, 15) is 4.79 Å². The lowest BCUT2D eigenvalue weighted by atomic mass is 10.1. The van der Waals surface area contributed by atoms with Crippen LogP contribution in [0.3, 0.4) is 0 Å². The number of nitrogens with one attached hydrogen (secondary N) is 1. The number of anilines is 1. The summed E-state index contributed by atoms with van der Waals surface area (Å²) < 4.78 is 1.71. The number of amides is 1. The summed E-state index contributed by atoms with van der Waals surface area (Å²) in [6, 6.07) is 17.7. The molecule has 0 unspecified atom stereocenters. The van der Waals surface area contributed by atoms with Crippen LogP contribution in [0.4, 0.5) is 5.69 Å². The molecule has 0 aliphatic rings. The summed E-state index contributed by atoms with van der Waals surface area (Å²) in [6.07, 6.45) is 0. The number of aryl methyl sites for hydroxylation is 4. The highest BCUT2D eigenvalue weighted by atomic mass is 32.2. The van der Waals surface area contributed by atoms with E-state index in [0.717, 1.165) is 33.8 Å². The van der Waals surface area contributed by atoms with Crippen molar-refractivity contribution < 1.29 is 4.79 Å². The molecule has 4 aromatic rings. The number of fused-ring (bicyclic) bond motifs is 1. The third-order valence-electron chi connectivity index (χ3n) is 4.81. The van der Waals surface area contributed by atoms with Gasteiger partial charge in [0.1, 0.15) is 5.25 Å². The van der Waals surface area contributed by atoms with Gasteiger partial charge in [0.25, 0.3) is 5.78 Å².